The Morgan fingerprint density at radius 3 is 2.56 bits per heavy atom. The number of hydrogen-bond donors (Lipinski definition) is 1. The Bertz CT molecular complexity index is 548. The first kappa shape index (κ1) is 12.8. The minimum absolute atomic E-state index is 0.0128. The Balaban J connectivity index is 2.11. The largest absolute Gasteiger partial charge is 0.345 e. The molecule has 94 valence electrons. The van der Waals surface area contributed by atoms with Crippen LogP contribution in [0.25, 0.3) is 0 Å². The molecule has 18 heavy (non-hydrogen) atoms. The van der Waals surface area contributed by atoms with Gasteiger partial charge < -0.3 is 5.32 Å². The first-order chi connectivity index (χ1) is 8.59. The highest BCUT2D eigenvalue weighted by Crippen LogP contribution is 2.21. The molecule has 0 spiro atoms. The van der Waals surface area contributed by atoms with Gasteiger partial charge in [-0.25, -0.2) is 0 Å². The second kappa shape index (κ2) is 5.31. The number of rotatable bonds is 3. The van der Waals surface area contributed by atoms with Crippen LogP contribution in [0.5, 0.6) is 0 Å². The van der Waals surface area contributed by atoms with Gasteiger partial charge in [-0.2, -0.15) is 0 Å². The third-order valence-electron chi connectivity index (χ3n) is 3.08. The number of hydrogen-bond acceptors (Lipinski definition) is 3. The van der Waals surface area contributed by atoms with Crippen molar-refractivity contribution in [2.45, 2.75) is 26.8 Å². The Labute approximate surface area is 111 Å². The van der Waals surface area contributed by atoms with E-state index in [0.717, 1.165) is 16.7 Å². The Hall–Kier alpha value is -1.68. The number of aromatic nitrogens is 1. The van der Waals surface area contributed by atoms with Gasteiger partial charge in [0, 0.05) is 22.7 Å². The van der Waals surface area contributed by atoms with Gasteiger partial charge in [0.1, 0.15) is 0 Å². The fourth-order valence-corrected chi connectivity index (χ4v) is 2.61. The van der Waals surface area contributed by atoms with Crippen molar-refractivity contribution in [1.82, 2.24) is 10.3 Å². The number of amides is 1. The molecule has 2 rings (SSSR count). The van der Waals surface area contributed by atoms with Crippen molar-refractivity contribution in [3.8, 4) is 0 Å². The number of thiophene rings is 1. The number of nitrogens with one attached hydrogen (secondary N) is 1. The van der Waals surface area contributed by atoms with E-state index >= 15 is 0 Å². The van der Waals surface area contributed by atoms with Crippen LogP contribution in [-0.4, -0.2) is 10.9 Å². The van der Waals surface area contributed by atoms with Crippen molar-refractivity contribution in [3.63, 3.8) is 0 Å². The van der Waals surface area contributed by atoms with Crippen LogP contribution in [-0.2, 0) is 0 Å². The molecule has 1 unspecified atom stereocenters. The average Bonchev–Trinajstić information content (AvgIpc) is 2.71. The van der Waals surface area contributed by atoms with Crippen molar-refractivity contribution < 1.29 is 4.79 Å². The van der Waals surface area contributed by atoms with Crippen LogP contribution in [0.3, 0.4) is 0 Å². The van der Waals surface area contributed by atoms with Crippen LogP contribution >= 0.6 is 11.3 Å². The highest BCUT2D eigenvalue weighted by atomic mass is 32.1. The van der Waals surface area contributed by atoms with E-state index in [1.54, 1.807) is 23.7 Å². The van der Waals surface area contributed by atoms with E-state index in [4.69, 9.17) is 0 Å². The van der Waals surface area contributed by atoms with Gasteiger partial charge in [0.2, 0.25) is 0 Å². The third kappa shape index (κ3) is 2.59. The van der Waals surface area contributed by atoms with Gasteiger partial charge in [-0.05, 0) is 44.0 Å². The van der Waals surface area contributed by atoms with E-state index in [9.17, 15) is 4.79 Å². The molecule has 2 aromatic rings. The molecule has 0 aliphatic carbocycles. The highest BCUT2D eigenvalue weighted by Gasteiger charge is 2.15. The summed E-state index contributed by atoms with van der Waals surface area (Å²) in [6.45, 7) is 5.99. The van der Waals surface area contributed by atoms with Crippen molar-refractivity contribution in [2.24, 2.45) is 0 Å². The number of carbonyl (C=O) groups excluding carboxylic acids is 1. The minimum atomic E-state index is -0.0138. The van der Waals surface area contributed by atoms with E-state index in [0.29, 0.717) is 0 Å². The molecule has 0 saturated heterocycles. The summed E-state index contributed by atoms with van der Waals surface area (Å²) in [5, 5.41) is 4.92. The fraction of sp³-hybridized carbons (Fsp3) is 0.286. The molecule has 0 aromatic carbocycles. The topological polar surface area (TPSA) is 42.0 Å². The van der Waals surface area contributed by atoms with Crippen molar-refractivity contribution in [1.29, 1.82) is 0 Å². The van der Waals surface area contributed by atoms with Crippen LogP contribution < -0.4 is 5.32 Å². The normalized spacial score (nSPS) is 12.2. The zero-order chi connectivity index (χ0) is 13.1. The first-order valence-electron chi connectivity index (χ1n) is 5.85. The summed E-state index contributed by atoms with van der Waals surface area (Å²) in [4.78, 5) is 17.3. The van der Waals surface area contributed by atoms with Gasteiger partial charge in [0.05, 0.1) is 11.6 Å². The Morgan fingerprint density at radius 1 is 1.33 bits per heavy atom. The quantitative estimate of drug-likeness (QED) is 0.920. The highest BCUT2D eigenvalue weighted by molar-refractivity contribution is 7.10. The van der Waals surface area contributed by atoms with E-state index < -0.39 is 0 Å². The molecule has 2 heterocycles. The van der Waals surface area contributed by atoms with Crippen LogP contribution in [0.4, 0.5) is 0 Å². The van der Waals surface area contributed by atoms with E-state index in [2.05, 4.69) is 10.3 Å². The summed E-state index contributed by atoms with van der Waals surface area (Å²) < 4.78 is 0. The number of carbonyl (C=O) groups is 1. The minimum Gasteiger partial charge on any atom is -0.345 e. The standard InChI is InChI=1S/C14H16N2OS/c1-9-11(3)18-8-13(9)14(17)16-10(2)12-4-6-15-7-5-12/h4-8,10H,1-3H3,(H,16,17). The van der Waals surface area contributed by atoms with Crippen LogP contribution in [0.15, 0.2) is 29.9 Å². The lowest BCUT2D eigenvalue weighted by Crippen LogP contribution is -2.26. The molecule has 1 amide bonds. The summed E-state index contributed by atoms with van der Waals surface area (Å²) >= 11 is 1.61. The monoisotopic (exact) mass is 260 g/mol. The smallest absolute Gasteiger partial charge is 0.252 e. The zero-order valence-electron chi connectivity index (χ0n) is 10.7. The fourth-order valence-electron chi connectivity index (χ4n) is 1.75. The van der Waals surface area contributed by atoms with Gasteiger partial charge in [-0.1, -0.05) is 0 Å². The summed E-state index contributed by atoms with van der Waals surface area (Å²) in [6, 6.07) is 3.81. The van der Waals surface area contributed by atoms with Gasteiger partial charge in [-0.3, -0.25) is 9.78 Å². The van der Waals surface area contributed by atoms with Crippen molar-refractivity contribution >= 4 is 17.2 Å². The predicted molar refractivity (Wildman–Crippen MR) is 73.9 cm³/mol. The first-order valence-corrected chi connectivity index (χ1v) is 6.73. The Morgan fingerprint density at radius 2 is 2.00 bits per heavy atom. The molecule has 0 bridgehead atoms. The molecule has 3 nitrogen and oxygen atoms in total. The summed E-state index contributed by atoms with van der Waals surface area (Å²) in [5.41, 5.74) is 2.90. The summed E-state index contributed by atoms with van der Waals surface area (Å²) in [7, 11) is 0. The van der Waals surface area contributed by atoms with E-state index in [-0.39, 0.29) is 11.9 Å². The predicted octanol–water partition coefficient (Wildman–Crippen LogP) is 3.25. The molecule has 0 radical (unpaired) electrons. The van der Waals surface area contributed by atoms with Gasteiger partial charge in [0.15, 0.2) is 0 Å². The van der Waals surface area contributed by atoms with Gasteiger partial charge in [-0.15, -0.1) is 11.3 Å². The summed E-state index contributed by atoms with van der Waals surface area (Å²) in [6.07, 6.45) is 3.47. The second-order valence-corrected chi connectivity index (χ2v) is 5.39. The third-order valence-corrected chi connectivity index (χ3v) is 4.10. The Kier molecular flexibility index (Phi) is 3.77. The van der Waals surface area contributed by atoms with E-state index in [1.807, 2.05) is 38.3 Å². The zero-order valence-corrected chi connectivity index (χ0v) is 11.5. The van der Waals surface area contributed by atoms with Crippen molar-refractivity contribution in [3.05, 3.63) is 51.5 Å². The van der Waals surface area contributed by atoms with Gasteiger partial charge >= 0.3 is 0 Å². The molecule has 4 heteroatoms. The molecule has 0 saturated carbocycles. The molecular formula is C14H16N2OS. The molecule has 1 atom stereocenters. The van der Waals surface area contributed by atoms with Crippen molar-refractivity contribution in [2.75, 3.05) is 0 Å². The molecular weight excluding hydrogens is 244 g/mol. The van der Waals surface area contributed by atoms with Crippen LogP contribution in [0, 0.1) is 13.8 Å². The molecule has 0 fully saturated rings. The van der Waals surface area contributed by atoms with Gasteiger partial charge in [0.25, 0.3) is 5.91 Å². The molecule has 1 N–H and O–H groups in total. The maximum atomic E-state index is 12.1. The number of aryl methyl sites for hydroxylation is 1. The molecule has 0 aliphatic rings. The molecule has 0 aliphatic heterocycles. The lowest BCUT2D eigenvalue weighted by molar-refractivity contribution is 0.0939. The van der Waals surface area contributed by atoms with Crippen LogP contribution in [0.2, 0.25) is 0 Å². The average molecular weight is 260 g/mol. The van der Waals surface area contributed by atoms with Crippen LogP contribution in [0.1, 0.15) is 39.3 Å². The number of nitrogens with zero attached hydrogens (tertiary/aromatic N) is 1. The lowest BCUT2D eigenvalue weighted by atomic mass is 10.1. The maximum Gasteiger partial charge on any atom is 0.252 e. The number of pyridine rings is 1. The maximum absolute atomic E-state index is 12.1. The summed E-state index contributed by atoms with van der Waals surface area (Å²) in [5.74, 6) is -0.0128. The van der Waals surface area contributed by atoms with E-state index in [1.165, 1.54) is 4.88 Å². The molecule has 2 aromatic heterocycles. The second-order valence-electron chi connectivity index (χ2n) is 4.31. The SMILES string of the molecule is Cc1scc(C(=O)NC(C)c2ccncc2)c1C. The lowest BCUT2D eigenvalue weighted by Gasteiger charge is -2.14.